The molecule has 0 spiro atoms. The summed E-state index contributed by atoms with van der Waals surface area (Å²) in [6.07, 6.45) is 6.19. The molecular weight excluding hydrogens is 610 g/mol. The molecule has 9 nitrogen and oxygen atoms in total. The van der Waals surface area contributed by atoms with E-state index in [1.807, 2.05) is 6.92 Å². The number of hydrogen-bond acceptors (Lipinski definition) is 8. The van der Waals surface area contributed by atoms with Crippen LogP contribution >= 0.6 is 0 Å². The average Bonchev–Trinajstić information content (AvgIpc) is 3.05. The van der Waals surface area contributed by atoms with E-state index in [0.717, 1.165) is 51.7 Å². The molecule has 2 aromatic heterocycles. The SMILES string of the molecule is C[C@H]1Nc2ncnc3c2cc(C2(C#N)CCS(=O)(=O)CC2)c(=O)n3CCCCCN2CCC(CC2)CCC(F)(F)c2cccc1c2. The van der Waals surface area contributed by atoms with Crippen LogP contribution in [-0.2, 0) is 27.7 Å². The van der Waals surface area contributed by atoms with E-state index in [2.05, 4.69) is 26.3 Å². The Morgan fingerprint density at radius 2 is 1.72 bits per heavy atom. The summed E-state index contributed by atoms with van der Waals surface area (Å²) in [7, 11) is -3.29. The maximum absolute atomic E-state index is 15.5. The Hall–Kier alpha value is -3.43. The van der Waals surface area contributed by atoms with Crippen molar-refractivity contribution in [2.45, 2.75) is 88.6 Å². The quantitative estimate of drug-likeness (QED) is 0.355. The van der Waals surface area contributed by atoms with Crippen LogP contribution in [0.4, 0.5) is 14.6 Å². The minimum Gasteiger partial charge on any atom is -0.363 e. The maximum atomic E-state index is 15.5. The predicted octanol–water partition coefficient (Wildman–Crippen LogP) is 5.70. The van der Waals surface area contributed by atoms with E-state index in [1.54, 1.807) is 28.8 Å². The number of pyridine rings is 1. The number of benzene rings is 1. The first-order chi connectivity index (χ1) is 22.0. The standard InChI is InChI=1S/C34H42F2N6O3S/c1-24-26-6-5-7-27(20-26)34(35,36)11-8-25-9-16-41(17-10-25)14-3-2-4-15-42-31-28(30(40-24)38-23-39-31)21-29(32(42)43)33(22-37)12-18-46(44,45)19-13-33/h5-7,20-21,23-25H,2-4,8-19H2,1H3,(H,38,39,40)/t24-/m1/s1. The lowest BCUT2D eigenvalue weighted by atomic mass is 9.77. The molecule has 7 rings (SSSR count). The van der Waals surface area contributed by atoms with Crippen LogP contribution in [-0.4, -0.2) is 59.0 Å². The van der Waals surface area contributed by atoms with Crippen LogP contribution < -0.4 is 10.9 Å². The molecule has 0 unspecified atom stereocenters. The molecular formula is C34H42F2N6O3S. The largest absolute Gasteiger partial charge is 0.363 e. The second kappa shape index (κ2) is 13.0. The zero-order chi connectivity index (χ0) is 32.5. The lowest BCUT2D eigenvalue weighted by molar-refractivity contribution is -0.0217. The molecule has 46 heavy (non-hydrogen) atoms. The number of nitrogens with one attached hydrogen (secondary N) is 1. The number of nitriles is 1. The molecule has 0 amide bonds. The van der Waals surface area contributed by atoms with Gasteiger partial charge in [-0.25, -0.2) is 27.2 Å². The topological polar surface area (TPSA) is 121 Å². The molecule has 12 heteroatoms. The molecule has 2 fully saturated rings. The van der Waals surface area contributed by atoms with Gasteiger partial charge in [-0.2, -0.15) is 5.26 Å². The molecule has 6 heterocycles. The molecule has 2 saturated heterocycles. The molecule has 0 radical (unpaired) electrons. The molecule has 3 aromatic rings. The molecule has 0 saturated carbocycles. The minimum atomic E-state index is -3.29. The van der Waals surface area contributed by atoms with E-state index >= 15 is 8.78 Å². The minimum absolute atomic E-state index is 0.00568. The second-order valence-corrected chi connectivity index (χ2v) is 15.7. The number of anilines is 1. The Bertz CT molecular complexity index is 1780. The molecule has 4 aliphatic heterocycles. The smallest absolute Gasteiger partial charge is 0.273 e. The summed E-state index contributed by atoms with van der Waals surface area (Å²) >= 11 is 0. The third kappa shape index (κ3) is 6.67. The van der Waals surface area contributed by atoms with Gasteiger partial charge in [0.1, 0.15) is 27.6 Å². The molecule has 4 aliphatic rings. The van der Waals surface area contributed by atoms with E-state index in [0.29, 0.717) is 41.3 Å². The van der Waals surface area contributed by atoms with Crippen molar-refractivity contribution in [2.75, 3.05) is 36.5 Å². The summed E-state index contributed by atoms with van der Waals surface area (Å²) in [5.41, 5.74) is -0.248. The Labute approximate surface area is 269 Å². The van der Waals surface area contributed by atoms with E-state index in [4.69, 9.17) is 0 Å². The molecule has 8 bridgehead atoms. The van der Waals surface area contributed by atoms with Gasteiger partial charge in [0.15, 0.2) is 0 Å². The van der Waals surface area contributed by atoms with E-state index in [1.165, 1.54) is 12.4 Å². The molecule has 246 valence electrons. The normalized spacial score (nSPS) is 26.4. The fourth-order valence-corrected chi connectivity index (χ4v) is 8.83. The van der Waals surface area contributed by atoms with Crippen LogP contribution in [0.1, 0.15) is 87.4 Å². The van der Waals surface area contributed by atoms with Crippen molar-refractivity contribution in [1.29, 1.82) is 5.26 Å². The zero-order valence-corrected chi connectivity index (χ0v) is 27.2. The Balaban J connectivity index is 1.43. The number of halogens is 2. The van der Waals surface area contributed by atoms with Gasteiger partial charge >= 0.3 is 0 Å². The highest BCUT2D eigenvalue weighted by Crippen LogP contribution is 2.39. The van der Waals surface area contributed by atoms with Gasteiger partial charge in [0.25, 0.3) is 11.5 Å². The van der Waals surface area contributed by atoms with Crippen molar-refractivity contribution in [3.63, 3.8) is 0 Å². The summed E-state index contributed by atoms with van der Waals surface area (Å²) in [5.74, 6) is -2.56. The van der Waals surface area contributed by atoms with Crippen LogP contribution in [0.3, 0.4) is 0 Å². The van der Waals surface area contributed by atoms with Gasteiger partial charge in [-0.3, -0.25) is 9.36 Å². The van der Waals surface area contributed by atoms with Crippen molar-refractivity contribution in [3.05, 3.63) is 63.7 Å². The number of aryl methyl sites for hydroxylation is 1. The van der Waals surface area contributed by atoms with Crippen LogP contribution in [0.25, 0.3) is 11.0 Å². The van der Waals surface area contributed by atoms with E-state index in [-0.39, 0.29) is 47.5 Å². The van der Waals surface area contributed by atoms with Gasteiger partial charge in [0.2, 0.25) is 0 Å². The molecule has 1 aromatic carbocycles. The fourth-order valence-electron chi connectivity index (χ4n) is 7.31. The number of sulfone groups is 1. The first-order valence-electron chi connectivity index (χ1n) is 16.5. The zero-order valence-electron chi connectivity index (χ0n) is 26.4. The van der Waals surface area contributed by atoms with Crippen molar-refractivity contribution >= 4 is 26.7 Å². The molecule has 1 N–H and O–H groups in total. The van der Waals surface area contributed by atoms with Crippen LogP contribution in [0.15, 0.2) is 41.5 Å². The molecule has 1 atom stereocenters. The predicted molar refractivity (Wildman–Crippen MR) is 174 cm³/mol. The first kappa shape index (κ1) is 32.5. The van der Waals surface area contributed by atoms with Crippen molar-refractivity contribution in [1.82, 2.24) is 19.4 Å². The van der Waals surface area contributed by atoms with Crippen molar-refractivity contribution in [3.8, 4) is 6.07 Å². The van der Waals surface area contributed by atoms with Gasteiger partial charge in [0, 0.05) is 30.1 Å². The van der Waals surface area contributed by atoms with Gasteiger partial charge < -0.3 is 10.2 Å². The summed E-state index contributed by atoms with van der Waals surface area (Å²) in [5, 5.41) is 14.3. The number of fused-ring (bicyclic) bond motifs is 9. The summed E-state index contributed by atoms with van der Waals surface area (Å²) in [6, 6.07) is 10.1. The van der Waals surface area contributed by atoms with Gasteiger partial charge in [-0.15, -0.1) is 0 Å². The maximum Gasteiger partial charge on any atom is 0.273 e. The Morgan fingerprint density at radius 3 is 2.46 bits per heavy atom. The van der Waals surface area contributed by atoms with Gasteiger partial charge in [-0.05, 0) is 95.1 Å². The Morgan fingerprint density at radius 1 is 0.978 bits per heavy atom. The summed E-state index contributed by atoms with van der Waals surface area (Å²) in [4.78, 5) is 25.5. The number of alkyl halides is 2. The fraction of sp³-hybridized carbons (Fsp3) is 0.588. The van der Waals surface area contributed by atoms with Crippen molar-refractivity contribution in [2.24, 2.45) is 5.92 Å². The summed E-state index contributed by atoms with van der Waals surface area (Å²) in [6.45, 7) is 5.01. The number of hydrogen-bond donors (Lipinski definition) is 1. The lowest BCUT2D eigenvalue weighted by Gasteiger charge is -2.32. The van der Waals surface area contributed by atoms with E-state index in [9.17, 15) is 18.5 Å². The van der Waals surface area contributed by atoms with Crippen LogP contribution in [0, 0.1) is 17.2 Å². The second-order valence-electron chi connectivity index (χ2n) is 13.4. The van der Waals surface area contributed by atoms with Crippen LogP contribution in [0.2, 0.25) is 0 Å². The lowest BCUT2D eigenvalue weighted by Crippen LogP contribution is -2.41. The third-order valence-electron chi connectivity index (χ3n) is 10.4. The van der Waals surface area contributed by atoms with Crippen molar-refractivity contribution < 1.29 is 17.2 Å². The number of aromatic nitrogens is 3. The monoisotopic (exact) mass is 652 g/mol. The van der Waals surface area contributed by atoms with E-state index < -0.39 is 27.2 Å². The number of piperidine rings is 1. The van der Waals surface area contributed by atoms with Crippen LogP contribution in [0.5, 0.6) is 0 Å². The highest BCUT2D eigenvalue weighted by Gasteiger charge is 2.42. The third-order valence-corrected chi connectivity index (χ3v) is 12.0. The summed E-state index contributed by atoms with van der Waals surface area (Å²) < 4.78 is 57.3. The highest BCUT2D eigenvalue weighted by molar-refractivity contribution is 7.91. The Kier molecular flexibility index (Phi) is 9.18. The number of rotatable bonds is 1. The highest BCUT2D eigenvalue weighted by atomic mass is 32.2. The number of nitrogens with zero attached hydrogens (tertiary/aromatic N) is 5. The van der Waals surface area contributed by atoms with Gasteiger partial charge in [0.05, 0.1) is 28.4 Å². The van der Waals surface area contributed by atoms with Gasteiger partial charge in [-0.1, -0.05) is 24.6 Å². The molecule has 0 aliphatic carbocycles. The average molecular weight is 653 g/mol. The first-order valence-corrected chi connectivity index (χ1v) is 18.3.